The quantitative estimate of drug-likeness (QED) is 0.706. The van der Waals surface area contributed by atoms with Crippen LogP contribution in [0, 0.1) is 5.82 Å². The highest BCUT2D eigenvalue weighted by Gasteiger charge is 2.34. The molecule has 10 heteroatoms. The number of hydrogen-bond acceptors (Lipinski definition) is 5. The molecule has 9 nitrogen and oxygen atoms in total. The summed E-state index contributed by atoms with van der Waals surface area (Å²) in [7, 11) is 0. The minimum Gasteiger partial charge on any atom is -0.324 e. The number of carbonyl (C=O) groups is 2. The van der Waals surface area contributed by atoms with Crippen LogP contribution < -0.4 is 10.6 Å². The van der Waals surface area contributed by atoms with Gasteiger partial charge in [-0.3, -0.25) is 4.79 Å². The fourth-order valence-electron chi connectivity index (χ4n) is 3.23. The second kappa shape index (κ2) is 8.05. The number of tetrazole rings is 1. The number of hydrogen-bond donors (Lipinski definition) is 2. The van der Waals surface area contributed by atoms with E-state index in [4.69, 9.17) is 0 Å². The molecule has 0 spiro atoms. The van der Waals surface area contributed by atoms with Crippen LogP contribution in [0.15, 0.2) is 54.9 Å². The van der Waals surface area contributed by atoms with Crippen molar-refractivity contribution in [2.75, 3.05) is 17.2 Å². The Labute approximate surface area is 165 Å². The number of benzene rings is 2. The highest BCUT2D eigenvalue weighted by Crippen LogP contribution is 2.22. The summed E-state index contributed by atoms with van der Waals surface area (Å²) < 4.78 is 15.3. The highest BCUT2D eigenvalue weighted by atomic mass is 19.1. The van der Waals surface area contributed by atoms with Crippen molar-refractivity contribution in [3.8, 4) is 5.69 Å². The lowest BCUT2D eigenvalue weighted by molar-refractivity contribution is -0.119. The third-order valence-corrected chi connectivity index (χ3v) is 4.68. The average Bonchev–Trinajstić information content (AvgIpc) is 3.42. The lowest BCUT2D eigenvalue weighted by Gasteiger charge is -2.24. The molecule has 1 aromatic heterocycles. The van der Waals surface area contributed by atoms with Crippen molar-refractivity contribution >= 4 is 23.3 Å². The molecule has 29 heavy (non-hydrogen) atoms. The minimum atomic E-state index is -0.624. The number of rotatable bonds is 4. The van der Waals surface area contributed by atoms with Crippen molar-refractivity contribution in [1.29, 1.82) is 0 Å². The Balaban J connectivity index is 1.41. The minimum absolute atomic E-state index is 0.0850. The Kier molecular flexibility index (Phi) is 5.14. The maximum absolute atomic E-state index is 13.8. The molecule has 4 rings (SSSR count). The third kappa shape index (κ3) is 4.05. The van der Waals surface area contributed by atoms with Crippen molar-refractivity contribution in [2.24, 2.45) is 0 Å². The van der Waals surface area contributed by atoms with Gasteiger partial charge in [0.15, 0.2) is 0 Å². The molecular weight excluding hydrogens is 377 g/mol. The Morgan fingerprint density at radius 2 is 1.86 bits per heavy atom. The van der Waals surface area contributed by atoms with Gasteiger partial charge >= 0.3 is 6.03 Å². The summed E-state index contributed by atoms with van der Waals surface area (Å²) in [6.45, 7) is 0.427. The van der Waals surface area contributed by atoms with E-state index >= 15 is 0 Å². The maximum atomic E-state index is 13.8. The lowest BCUT2D eigenvalue weighted by atomic mass is 10.2. The van der Waals surface area contributed by atoms with Gasteiger partial charge in [-0.15, -0.1) is 5.10 Å². The van der Waals surface area contributed by atoms with E-state index in [1.807, 2.05) is 0 Å². The van der Waals surface area contributed by atoms with Crippen molar-refractivity contribution in [3.05, 3.63) is 60.7 Å². The second-order valence-electron chi connectivity index (χ2n) is 6.55. The van der Waals surface area contributed by atoms with Crippen LogP contribution in [-0.2, 0) is 4.79 Å². The normalized spacial score (nSPS) is 15.9. The molecule has 2 heterocycles. The first-order valence-corrected chi connectivity index (χ1v) is 9.08. The van der Waals surface area contributed by atoms with Crippen LogP contribution in [0.4, 0.5) is 20.6 Å². The molecule has 2 aromatic carbocycles. The SMILES string of the molecule is O=C(Nc1ccc(-n2cnnn2)cc1)[C@@H]1CCCN1C(=O)Nc1ccccc1F. The summed E-state index contributed by atoms with van der Waals surface area (Å²) in [5, 5.41) is 16.3. The summed E-state index contributed by atoms with van der Waals surface area (Å²) in [5.74, 6) is -0.815. The van der Waals surface area contributed by atoms with E-state index in [1.165, 1.54) is 28.0 Å². The summed E-state index contributed by atoms with van der Waals surface area (Å²) in [4.78, 5) is 26.7. The molecule has 1 fully saturated rings. The number of carbonyl (C=O) groups excluding carboxylic acids is 2. The highest BCUT2D eigenvalue weighted by molar-refractivity contribution is 5.99. The number of halogens is 1. The molecule has 148 valence electrons. The molecule has 1 aliphatic rings. The number of anilines is 2. The number of aromatic nitrogens is 4. The van der Waals surface area contributed by atoms with E-state index in [2.05, 4.69) is 26.2 Å². The summed E-state index contributed by atoms with van der Waals surface area (Å²) in [5.41, 5.74) is 1.43. The van der Waals surface area contributed by atoms with Gasteiger partial charge in [-0.05, 0) is 59.7 Å². The number of nitrogens with zero attached hydrogens (tertiary/aromatic N) is 5. The van der Waals surface area contributed by atoms with Crippen LogP contribution >= 0.6 is 0 Å². The van der Waals surface area contributed by atoms with Crippen LogP contribution in [0.1, 0.15) is 12.8 Å². The Morgan fingerprint density at radius 1 is 1.07 bits per heavy atom. The van der Waals surface area contributed by atoms with Gasteiger partial charge in [0.25, 0.3) is 0 Å². The first kappa shape index (κ1) is 18.5. The fraction of sp³-hybridized carbons (Fsp3) is 0.211. The number of nitrogens with one attached hydrogen (secondary N) is 2. The van der Waals surface area contributed by atoms with Crippen molar-refractivity contribution < 1.29 is 14.0 Å². The molecule has 0 saturated carbocycles. The zero-order valence-electron chi connectivity index (χ0n) is 15.3. The number of likely N-dealkylation sites (tertiary alicyclic amines) is 1. The zero-order valence-corrected chi connectivity index (χ0v) is 15.3. The van der Waals surface area contributed by atoms with Crippen LogP contribution in [0.5, 0.6) is 0 Å². The molecule has 0 aliphatic carbocycles. The molecule has 3 amide bonds. The summed E-state index contributed by atoms with van der Waals surface area (Å²) in [6, 6.07) is 11.8. The largest absolute Gasteiger partial charge is 0.324 e. The van der Waals surface area contributed by atoms with Crippen LogP contribution in [0.2, 0.25) is 0 Å². The van der Waals surface area contributed by atoms with Gasteiger partial charge < -0.3 is 15.5 Å². The molecule has 0 radical (unpaired) electrons. The third-order valence-electron chi connectivity index (χ3n) is 4.68. The van der Waals surface area contributed by atoms with Crippen LogP contribution in [0.25, 0.3) is 5.69 Å². The van der Waals surface area contributed by atoms with E-state index in [0.29, 0.717) is 25.1 Å². The van der Waals surface area contributed by atoms with Gasteiger partial charge in [-0.25, -0.2) is 13.9 Å². The Hall–Kier alpha value is -3.82. The van der Waals surface area contributed by atoms with Gasteiger partial charge in [0.1, 0.15) is 18.2 Å². The van der Waals surface area contributed by atoms with E-state index in [9.17, 15) is 14.0 Å². The molecular formula is C19H18FN7O2. The summed E-state index contributed by atoms with van der Waals surface area (Å²) >= 11 is 0. The number of para-hydroxylation sites is 1. The van der Waals surface area contributed by atoms with Crippen molar-refractivity contribution in [3.63, 3.8) is 0 Å². The van der Waals surface area contributed by atoms with Gasteiger partial charge in [0.2, 0.25) is 5.91 Å². The zero-order chi connectivity index (χ0) is 20.2. The van der Waals surface area contributed by atoms with E-state index in [-0.39, 0.29) is 11.6 Å². The van der Waals surface area contributed by atoms with E-state index in [0.717, 1.165) is 5.69 Å². The van der Waals surface area contributed by atoms with E-state index in [1.54, 1.807) is 36.4 Å². The van der Waals surface area contributed by atoms with Gasteiger partial charge in [0, 0.05) is 12.2 Å². The van der Waals surface area contributed by atoms with Gasteiger partial charge in [-0.1, -0.05) is 12.1 Å². The first-order valence-electron chi connectivity index (χ1n) is 9.08. The molecule has 3 aromatic rings. The molecule has 2 N–H and O–H groups in total. The van der Waals surface area contributed by atoms with Gasteiger partial charge in [0.05, 0.1) is 11.4 Å². The topological polar surface area (TPSA) is 105 Å². The van der Waals surface area contributed by atoms with Crippen molar-refractivity contribution in [1.82, 2.24) is 25.1 Å². The fourth-order valence-corrected chi connectivity index (χ4v) is 3.23. The standard InChI is InChI=1S/C19H18FN7O2/c20-15-4-1-2-5-16(15)23-19(29)26-11-3-6-17(26)18(28)22-13-7-9-14(10-8-13)27-12-21-24-25-27/h1-2,4-5,7-10,12,17H,3,6,11H2,(H,22,28)(H,23,29)/t17-/m0/s1. The molecule has 1 atom stereocenters. The Bertz CT molecular complexity index is 1010. The molecule has 0 unspecified atom stereocenters. The van der Waals surface area contributed by atoms with Crippen molar-refractivity contribution in [2.45, 2.75) is 18.9 Å². The van der Waals surface area contributed by atoms with Crippen LogP contribution in [-0.4, -0.2) is 49.6 Å². The molecule has 0 bridgehead atoms. The Morgan fingerprint density at radius 3 is 2.59 bits per heavy atom. The molecule has 1 saturated heterocycles. The number of amides is 3. The number of urea groups is 1. The maximum Gasteiger partial charge on any atom is 0.322 e. The van der Waals surface area contributed by atoms with Crippen LogP contribution in [0.3, 0.4) is 0 Å². The molecule has 1 aliphatic heterocycles. The van der Waals surface area contributed by atoms with E-state index < -0.39 is 17.9 Å². The average molecular weight is 395 g/mol. The first-order chi connectivity index (χ1) is 14.1. The second-order valence-corrected chi connectivity index (χ2v) is 6.55. The monoisotopic (exact) mass is 395 g/mol. The predicted molar refractivity (Wildman–Crippen MR) is 103 cm³/mol. The lowest BCUT2D eigenvalue weighted by Crippen LogP contribution is -2.45. The predicted octanol–water partition coefficient (Wildman–Crippen LogP) is 2.44. The smallest absolute Gasteiger partial charge is 0.322 e. The van der Waals surface area contributed by atoms with Gasteiger partial charge in [-0.2, -0.15) is 0 Å². The summed E-state index contributed by atoms with van der Waals surface area (Å²) in [6.07, 6.45) is 2.71.